The maximum Gasteiger partial charge on any atom is 0.442 e. The average molecular weight is 752 g/mol. The molecule has 0 aliphatic rings. The van der Waals surface area contributed by atoms with Crippen molar-refractivity contribution in [2.45, 2.75) is 23.4 Å². The fraction of sp³-hybridized carbons (Fsp3) is 0.147. The molecule has 0 radical (unpaired) electrons. The quantitative estimate of drug-likeness (QED) is 0.0702. The van der Waals surface area contributed by atoms with Gasteiger partial charge < -0.3 is 25.8 Å². The lowest BCUT2D eigenvalue weighted by Crippen LogP contribution is -2.42. The number of carbonyl (C=O) groups excluding carboxylic acids is 3. The summed E-state index contributed by atoms with van der Waals surface area (Å²) in [7, 11) is 0. The second-order valence-electron chi connectivity index (χ2n) is 10.5. The number of anilines is 2. The number of aromatic nitrogens is 1. The lowest BCUT2D eigenvalue weighted by molar-refractivity contribution is -0.145. The molecule has 4 N–H and O–H groups in total. The first kappa shape index (κ1) is 38.0. The molecule has 0 fully saturated rings. The predicted molar refractivity (Wildman–Crippen MR) is 186 cm³/mol. The topological polar surface area (TPSA) is 125 Å². The third-order valence-electron chi connectivity index (χ3n) is 7.02. The zero-order valence-corrected chi connectivity index (χ0v) is 28.0. The van der Waals surface area contributed by atoms with Gasteiger partial charge in [-0.1, -0.05) is 72.3 Å². The number of carbonyl (C=O) groups is 3. The number of thioether (sulfide) groups is 1. The molecular formula is C34H28Cl2F4N4O5S. The van der Waals surface area contributed by atoms with Gasteiger partial charge in [0.05, 0.1) is 16.5 Å². The summed E-state index contributed by atoms with van der Waals surface area (Å²) >= 11 is 5.90. The Kier molecular flexibility index (Phi) is 12.8. The van der Waals surface area contributed by atoms with E-state index in [4.69, 9.17) is 26.8 Å². The molecule has 0 saturated carbocycles. The van der Waals surface area contributed by atoms with E-state index in [9.17, 15) is 31.9 Å². The number of nitrogens with zero attached hydrogens (tertiary/aromatic N) is 1. The number of alkyl halides is 3. The van der Waals surface area contributed by atoms with Crippen molar-refractivity contribution < 1.29 is 41.4 Å². The fourth-order valence-corrected chi connectivity index (χ4v) is 5.65. The number of halogens is 6. The monoisotopic (exact) mass is 750 g/mol. The third kappa shape index (κ3) is 9.91. The number of nitrogens with one attached hydrogen (secondary N) is 2. The van der Waals surface area contributed by atoms with Gasteiger partial charge in [0.15, 0.2) is 17.6 Å². The molecule has 0 bridgehead atoms. The molecule has 5 rings (SSSR count). The smallest absolute Gasteiger partial charge is 0.442 e. The Morgan fingerprint density at radius 2 is 1.60 bits per heavy atom. The van der Waals surface area contributed by atoms with Crippen LogP contribution >= 0.6 is 35.8 Å². The Balaban J connectivity index is 0.00000562. The molecule has 1 aromatic heterocycles. The van der Waals surface area contributed by atoms with Crippen molar-refractivity contribution in [2.24, 2.45) is 5.73 Å². The zero-order valence-electron chi connectivity index (χ0n) is 25.7. The maximum absolute atomic E-state index is 14.9. The lowest BCUT2D eigenvalue weighted by atomic mass is 10.1. The van der Waals surface area contributed by atoms with Gasteiger partial charge in [0.1, 0.15) is 13.2 Å². The first-order valence-electron chi connectivity index (χ1n) is 14.5. The van der Waals surface area contributed by atoms with Crippen LogP contribution in [0.1, 0.15) is 21.2 Å². The maximum atomic E-state index is 14.9. The summed E-state index contributed by atoms with van der Waals surface area (Å²) in [5, 5.41) is 4.48. The van der Waals surface area contributed by atoms with Crippen LogP contribution < -0.4 is 21.1 Å². The molecule has 2 amide bonds. The predicted octanol–water partition coefficient (Wildman–Crippen LogP) is 8.58. The van der Waals surface area contributed by atoms with E-state index in [-0.39, 0.29) is 58.4 Å². The number of nitrogens with two attached hydrogens (primary N) is 1. The van der Waals surface area contributed by atoms with Gasteiger partial charge in [-0.3, -0.25) is 9.36 Å². The summed E-state index contributed by atoms with van der Waals surface area (Å²) in [5.41, 5.74) is 2.84. The molecule has 9 nitrogen and oxygen atoms in total. The number of urea groups is 1. The Morgan fingerprint density at radius 1 is 0.920 bits per heavy atom. The van der Waals surface area contributed by atoms with E-state index < -0.39 is 47.1 Å². The van der Waals surface area contributed by atoms with E-state index in [1.165, 1.54) is 48.7 Å². The van der Waals surface area contributed by atoms with Gasteiger partial charge in [0.25, 0.3) is 5.91 Å². The average Bonchev–Trinajstić information content (AvgIpc) is 3.42. The van der Waals surface area contributed by atoms with Crippen LogP contribution in [0, 0.1) is 5.82 Å². The van der Waals surface area contributed by atoms with Crippen molar-refractivity contribution in [3.05, 3.63) is 125 Å². The Hall–Kier alpha value is -4.76. The highest BCUT2D eigenvalue weighted by molar-refractivity contribution is 8.00. The van der Waals surface area contributed by atoms with E-state index in [1.807, 2.05) is 0 Å². The van der Waals surface area contributed by atoms with E-state index in [1.54, 1.807) is 48.5 Å². The zero-order chi connectivity index (χ0) is 35.1. The molecule has 5 aromatic rings. The van der Waals surface area contributed by atoms with Gasteiger partial charge in [0, 0.05) is 28.4 Å². The number of esters is 1. The highest BCUT2D eigenvalue weighted by atomic mass is 35.5. The molecular weight excluding hydrogens is 723 g/mol. The van der Waals surface area contributed by atoms with Gasteiger partial charge in [-0.25, -0.2) is 14.0 Å². The molecule has 0 aliphatic carbocycles. The van der Waals surface area contributed by atoms with Gasteiger partial charge in [0.2, 0.25) is 0 Å². The summed E-state index contributed by atoms with van der Waals surface area (Å²) in [5.74, 6) is -3.03. The largest absolute Gasteiger partial charge is 0.489 e. The van der Waals surface area contributed by atoms with Crippen molar-refractivity contribution in [1.82, 2.24) is 4.57 Å². The van der Waals surface area contributed by atoms with Crippen LogP contribution in [0.5, 0.6) is 5.75 Å². The number of ether oxygens (including phenoxy) is 2. The number of hydrogen-bond donors (Lipinski definition) is 3. The minimum Gasteiger partial charge on any atom is -0.489 e. The van der Waals surface area contributed by atoms with Crippen LogP contribution in [-0.4, -0.2) is 40.6 Å². The van der Waals surface area contributed by atoms with E-state index in [0.29, 0.717) is 16.5 Å². The van der Waals surface area contributed by atoms with Crippen molar-refractivity contribution in [2.75, 3.05) is 17.2 Å². The van der Waals surface area contributed by atoms with Crippen LogP contribution in [0.25, 0.3) is 10.9 Å². The fourth-order valence-electron chi connectivity index (χ4n) is 4.73. The summed E-state index contributed by atoms with van der Waals surface area (Å²) < 4.78 is 66.1. The van der Waals surface area contributed by atoms with Crippen LogP contribution in [-0.2, 0) is 16.1 Å². The van der Waals surface area contributed by atoms with Crippen molar-refractivity contribution in [1.29, 1.82) is 0 Å². The Labute approximate surface area is 298 Å². The normalized spacial score (nSPS) is 12.4. The number of rotatable bonds is 11. The highest BCUT2D eigenvalue weighted by Gasteiger charge is 2.34. The lowest BCUT2D eigenvalue weighted by Gasteiger charge is -2.19. The molecule has 0 aliphatic heterocycles. The minimum absolute atomic E-state index is 0. The molecule has 2 unspecified atom stereocenters. The number of benzene rings is 4. The Bertz CT molecular complexity index is 1970. The molecule has 50 heavy (non-hydrogen) atoms. The van der Waals surface area contributed by atoms with Crippen LogP contribution in [0.15, 0.2) is 103 Å². The summed E-state index contributed by atoms with van der Waals surface area (Å²) in [6.45, 7) is -0.563. The molecule has 1 heterocycles. The van der Waals surface area contributed by atoms with Gasteiger partial charge in [-0.05, 0) is 53.2 Å². The van der Waals surface area contributed by atoms with Crippen LogP contribution in [0.3, 0.4) is 0 Å². The third-order valence-corrected chi connectivity index (χ3v) is 8.22. The molecule has 0 spiro atoms. The summed E-state index contributed by atoms with van der Waals surface area (Å²) in [6, 6.07) is 22.1. The van der Waals surface area contributed by atoms with Gasteiger partial charge in [-0.2, -0.15) is 13.2 Å². The van der Waals surface area contributed by atoms with Gasteiger partial charge >= 0.3 is 17.5 Å². The minimum atomic E-state index is -4.55. The molecule has 4 aromatic carbocycles. The van der Waals surface area contributed by atoms with E-state index in [0.717, 1.165) is 10.6 Å². The van der Waals surface area contributed by atoms with Gasteiger partial charge in [-0.15, -0.1) is 12.4 Å². The Morgan fingerprint density at radius 3 is 2.26 bits per heavy atom. The second kappa shape index (κ2) is 16.8. The molecule has 2 atom stereocenters. The first-order chi connectivity index (χ1) is 23.4. The second-order valence-corrected chi connectivity index (χ2v) is 12.2. The molecule has 262 valence electrons. The highest BCUT2D eigenvalue weighted by Crippen LogP contribution is 2.42. The number of hydrogen-bond acceptors (Lipinski definition) is 7. The van der Waals surface area contributed by atoms with E-state index >= 15 is 0 Å². The summed E-state index contributed by atoms with van der Waals surface area (Å²) in [6.07, 6.45) is 1.26. The van der Waals surface area contributed by atoms with Crippen molar-refractivity contribution >= 4 is 76.0 Å². The van der Waals surface area contributed by atoms with Crippen LogP contribution in [0.4, 0.5) is 33.7 Å². The first-order valence-corrected chi connectivity index (χ1v) is 15.7. The number of fused-ring (bicyclic) bond motifs is 1. The standard InChI is InChI=1S/C34H27ClF4N4O5S.ClH/c35-22-11-13-27-24(15-22)26(17-43(27)31(44)30(40)32(45)48-18-20-7-3-1-4-8-20)42-33(46)41-23-12-14-28(25(36)16-23)47-19-29(49-34(37,38)39)21-9-5-2-6-10-21;/h1-17,29-30H,18-19,40H2,(H2,41,42,46);1H. The molecule has 0 saturated heterocycles. The van der Waals surface area contributed by atoms with Crippen molar-refractivity contribution in [3.8, 4) is 5.75 Å². The SMILES string of the molecule is Cl.NC(C(=O)OCc1ccccc1)C(=O)n1cc(NC(=O)Nc2ccc(OCC(SC(F)(F)F)c3ccccc3)c(F)c2)c2cc(Cl)ccc21. The number of amides is 2. The van der Waals surface area contributed by atoms with Crippen molar-refractivity contribution in [3.63, 3.8) is 0 Å². The van der Waals surface area contributed by atoms with E-state index in [2.05, 4.69) is 10.6 Å². The van der Waals surface area contributed by atoms with Crippen LogP contribution in [0.2, 0.25) is 5.02 Å². The summed E-state index contributed by atoms with van der Waals surface area (Å²) in [4.78, 5) is 38.8. The molecule has 16 heteroatoms.